The lowest BCUT2D eigenvalue weighted by Crippen LogP contribution is -2.74. The maximum atomic E-state index is 13.5. The number of carbonyl (C=O) groups is 3. The number of rotatable bonds is 7. The van der Waals surface area contributed by atoms with Crippen molar-refractivity contribution in [2.45, 2.75) is 77.3 Å². The average Bonchev–Trinajstić information content (AvgIpc) is 2.78. The summed E-state index contributed by atoms with van der Waals surface area (Å²) in [4.78, 5) is 42.6. The van der Waals surface area contributed by atoms with Crippen LogP contribution < -0.4 is 0 Å². The number of aliphatic imine (C=N–C) groups is 1. The molecule has 0 spiro atoms. The van der Waals surface area contributed by atoms with Crippen LogP contribution in [-0.4, -0.2) is 69.2 Å². The standard InChI is InChI=1S/C27H36N2O7S/c1-9-36-27(23(34)29-20(22(32)33)17(13-35-15(2)30)14-37-24(27)29)28-12-16-10-18(25(3,4)5)21(31)19(11-16)26(6,7)8/h10-12,24,31H,9,13-14H2,1-8H3,(H,32,33)/t24-,27+/m1/s1. The molecule has 2 aliphatic heterocycles. The molecule has 0 radical (unpaired) electrons. The van der Waals surface area contributed by atoms with Crippen molar-refractivity contribution >= 4 is 35.8 Å². The van der Waals surface area contributed by atoms with Crippen molar-refractivity contribution in [1.82, 2.24) is 4.90 Å². The summed E-state index contributed by atoms with van der Waals surface area (Å²) < 4.78 is 10.9. The van der Waals surface area contributed by atoms with Crippen molar-refractivity contribution in [1.29, 1.82) is 0 Å². The molecular weight excluding hydrogens is 496 g/mol. The quantitative estimate of drug-likeness (QED) is 0.307. The number of phenols is 1. The minimum Gasteiger partial charge on any atom is -0.507 e. The van der Waals surface area contributed by atoms with Crippen molar-refractivity contribution in [3.05, 3.63) is 40.1 Å². The molecule has 1 saturated heterocycles. The second-order valence-electron chi connectivity index (χ2n) is 11.2. The molecule has 2 aliphatic rings. The first-order valence-electron chi connectivity index (χ1n) is 12.2. The van der Waals surface area contributed by atoms with Crippen LogP contribution >= 0.6 is 11.8 Å². The lowest BCUT2D eigenvalue weighted by molar-refractivity contribution is -0.186. The number of hydrogen-bond acceptors (Lipinski definition) is 8. The summed E-state index contributed by atoms with van der Waals surface area (Å²) >= 11 is 1.31. The molecule has 1 aromatic rings. The van der Waals surface area contributed by atoms with Crippen LogP contribution in [0.25, 0.3) is 0 Å². The number of thioether (sulfide) groups is 1. The highest BCUT2D eigenvalue weighted by atomic mass is 32.2. The van der Waals surface area contributed by atoms with Crippen LogP contribution in [-0.2, 0) is 34.7 Å². The molecule has 10 heteroatoms. The van der Waals surface area contributed by atoms with Gasteiger partial charge in [-0.25, -0.2) is 9.79 Å². The Balaban J connectivity index is 2.05. The smallest absolute Gasteiger partial charge is 0.352 e. The van der Waals surface area contributed by atoms with E-state index in [4.69, 9.17) is 9.47 Å². The van der Waals surface area contributed by atoms with Crippen LogP contribution in [0.4, 0.5) is 0 Å². The number of amides is 1. The first-order chi connectivity index (χ1) is 17.0. The van der Waals surface area contributed by atoms with Gasteiger partial charge in [0.05, 0.1) is 0 Å². The lowest BCUT2D eigenvalue weighted by atomic mass is 9.78. The van der Waals surface area contributed by atoms with Crippen molar-refractivity contribution in [3.8, 4) is 5.75 Å². The van der Waals surface area contributed by atoms with Gasteiger partial charge in [-0.2, -0.15) is 0 Å². The molecule has 1 amide bonds. The average molecular weight is 533 g/mol. The van der Waals surface area contributed by atoms with Crippen molar-refractivity contribution < 1.29 is 34.1 Å². The maximum Gasteiger partial charge on any atom is 0.352 e. The number of carboxylic acids is 1. The summed E-state index contributed by atoms with van der Waals surface area (Å²) in [6.45, 7) is 15.0. The Morgan fingerprint density at radius 2 is 1.76 bits per heavy atom. The molecule has 0 unspecified atom stereocenters. The second kappa shape index (κ2) is 10.1. The van der Waals surface area contributed by atoms with E-state index < -0.39 is 28.9 Å². The first kappa shape index (κ1) is 28.7. The Morgan fingerprint density at radius 1 is 1.19 bits per heavy atom. The summed E-state index contributed by atoms with van der Waals surface area (Å²) in [6.07, 6.45) is 1.56. The molecule has 2 atom stereocenters. The molecule has 0 aliphatic carbocycles. The van der Waals surface area contributed by atoms with E-state index in [1.165, 1.54) is 23.6 Å². The zero-order valence-corrected chi connectivity index (χ0v) is 23.5. The molecule has 1 aromatic carbocycles. The number of carbonyl (C=O) groups excluding carboxylic acids is 2. The number of aliphatic carboxylic acids is 1. The van der Waals surface area contributed by atoms with E-state index in [1.807, 2.05) is 53.7 Å². The molecule has 0 bridgehead atoms. The summed E-state index contributed by atoms with van der Waals surface area (Å²) in [7, 11) is 0. The van der Waals surface area contributed by atoms with Crippen molar-refractivity contribution in [2.75, 3.05) is 19.0 Å². The highest BCUT2D eigenvalue weighted by Crippen LogP contribution is 2.49. The molecule has 9 nitrogen and oxygen atoms in total. The highest BCUT2D eigenvalue weighted by molar-refractivity contribution is 8.00. The van der Waals surface area contributed by atoms with Gasteiger partial charge in [-0.15, -0.1) is 11.8 Å². The summed E-state index contributed by atoms with van der Waals surface area (Å²) in [5, 5.41) is 20.2. The zero-order chi connectivity index (χ0) is 27.9. The topological polar surface area (TPSA) is 126 Å². The van der Waals surface area contributed by atoms with Gasteiger partial charge in [-0.1, -0.05) is 41.5 Å². The van der Waals surface area contributed by atoms with E-state index in [1.54, 1.807) is 13.1 Å². The third kappa shape index (κ3) is 5.40. The predicted molar refractivity (Wildman–Crippen MR) is 142 cm³/mol. The Hall–Kier alpha value is -2.85. The number of esters is 1. The molecule has 202 valence electrons. The van der Waals surface area contributed by atoms with Crippen LogP contribution in [0.3, 0.4) is 0 Å². The fourth-order valence-electron chi connectivity index (χ4n) is 4.43. The SMILES string of the molecule is CCO[C@@]1(N=Cc2cc(C(C)(C)C)c(O)c(C(C)(C)C)c2)C(=O)N2C(C(=O)O)=C(COC(C)=O)CS[C@@H]21. The molecule has 1 fully saturated rings. The Bertz CT molecular complexity index is 1140. The fourth-order valence-corrected chi connectivity index (χ4v) is 5.81. The van der Waals surface area contributed by atoms with Gasteiger partial charge in [0.1, 0.15) is 23.4 Å². The number of β-lactam (4-membered cyclic amide) rings is 1. The number of phenolic OH excluding ortho intramolecular Hbond substituents is 1. The van der Waals surface area contributed by atoms with Crippen LogP contribution in [0.15, 0.2) is 28.4 Å². The van der Waals surface area contributed by atoms with E-state index in [0.29, 0.717) is 11.1 Å². The van der Waals surface area contributed by atoms with Gasteiger partial charge in [0, 0.05) is 42.2 Å². The van der Waals surface area contributed by atoms with E-state index >= 15 is 0 Å². The molecule has 37 heavy (non-hydrogen) atoms. The van der Waals surface area contributed by atoms with Gasteiger partial charge < -0.3 is 19.7 Å². The van der Waals surface area contributed by atoms with Gasteiger partial charge >= 0.3 is 11.9 Å². The van der Waals surface area contributed by atoms with Gasteiger partial charge in [0.2, 0.25) is 0 Å². The molecule has 0 aromatic heterocycles. The minimum atomic E-state index is -1.59. The Morgan fingerprint density at radius 3 is 2.22 bits per heavy atom. The van der Waals surface area contributed by atoms with Crippen LogP contribution in [0.5, 0.6) is 5.75 Å². The summed E-state index contributed by atoms with van der Waals surface area (Å²) in [5.74, 6) is -1.92. The summed E-state index contributed by atoms with van der Waals surface area (Å²) in [5.41, 5.74) is 0.0848. The molecule has 2 heterocycles. The van der Waals surface area contributed by atoms with Crippen molar-refractivity contribution in [3.63, 3.8) is 0 Å². The van der Waals surface area contributed by atoms with Crippen LogP contribution in [0, 0.1) is 0 Å². The number of ether oxygens (including phenoxy) is 2. The fraction of sp³-hybridized carbons (Fsp3) is 0.556. The van der Waals surface area contributed by atoms with Crippen LogP contribution in [0.1, 0.15) is 72.1 Å². The minimum absolute atomic E-state index is 0.191. The number of fused-ring (bicyclic) bond motifs is 1. The third-order valence-electron chi connectivity index (χ3n) is 6.26. The zero-order valence-electron chi connectivity index (χ0n) is 22.7. The number of benzene rings is 1. The van der Waals surface area contributed by atoms with E-state index in [0.717, 1.165) is 11.1 Å². The van der Waals surface area contributed by atoms with Gasteiger partial charge in [-0.05, 0) is 35.4 Å². The number of hydrogen-bond donors (Lipinski definition) is 2. The van der Waals surface area contributed by atoms with Gasteiger partial charge in [0.25, 0.3) is 11.6 Å². The Kier molecular flexibility index (Phi) is 7.86. The third-order valence-corrected chi connectivity index (χ3v) is 7.62. The second-order valence-corrected chi connectivity index (χ2v) is 12.3. The maximum absolute atomic E-state index is 13.5. The first-order valence-corrected chi connectivity index (χ1v) is 13.2. The molecule has 2 N–H and O–H groups in total. The lowest BCUT2D eigenvalue weighted by Gasteiger charge is -2.54. The monoisotopic (exact) mass is 532 g/mol. The number of aromatic hydroxyl groups is 1. The van der Waals surface area contributed by atoms with Crippen molar-refractivity contribution in [2.24, 2.45) is 4.99 Å². The van der Waals surface area contributed by atoms with Gasteiger partial charge in [0.15, 0.2) is 0 Å². The molecule has 0 saturated carbocycles. The number of nitrogens with zero attached hydrogens (tertiary/aromatic N) is 2. The van der Waals surface area contributed by atoms with Crippen LogP contribution in [0.2, 0.25) is 0 Å². The van der Waals surface area contributed by atoms with E-state index in [9.17, 15) is 24.6 Å². The normalized spacial score (nSPS) is 22.2. The number of carboxylic acid groups (broad SMARTS) is 1. The predicted octanol–water partition coefficient (Wildman–Crippen LogP) is 3.96. The summed E-state index contributed by atoms with van der Waals surface area (Å²) in [6, 6.07) is 3.70. The highest BCUT2D eigenvalue weighted by Gasteiger charge is 2.66. The largest absolute Gasteiger partial charge is 0.507 e. The molecule has 3 rings (SSSR count). The van der Waals surface area contributed by atoms with E-state index in [-0.39, 0.29) is 41.2 Å². The molecular formula is C27H36N2O7S. The van der Waals surface area contributed by atoms with E-state index in [2.05, 4.69) is 4.99 Å². The van der Waals surface area contributed by atoms with Gasteiger partial charge in [-0.3, -0.25) is 14.5 Å². The Labute approximate surface area is 221 Å².